The fourth-order valence-corrected chi connectivity index (χ4v) is 1.56. The van der Waals surface area contributed by atoms with Crippen LogP contribution in [-0.2, 0) is 0 Å². The van der Waals surface area contributed by atoms with Crippen molar-refractivity contribution in [3.8, 4) is 12.3 Å². The van der Waals surface area contributed by atoms with Crippen LogP contribution in [0.5, 0.6) is 0 Å². The van der Waals surface area contributed by atoms with Gasteiger partial charge in [-0.15, -0.1) is 6.42 Å². The van der Waals surface area contributed by atoms with Crippen LogP contribution in [0.4, 0.5) is 4.39 Å². The smallest absolute Gasteiger partial charge is 0.128 e. The normalized spacial score (nSPS) is 14.2. The Morgan fingerprint density at radius 1 is 1.56 bits per heavy atom. The molecule has 0 saturated carbocycles. The van der Waals surface area contributed by atoms with E-state index < -0.39 is 0 Å². The van der Waals surface area contributed by atoms with Crippen molar-refractivity contribution in [3.63, 3.8) is 0 Å². The van der Waals surface area contributed by atoms with Gasteiger partial charge in [0.25, 0.3) is 0 Å². The van der Waals surface area contributed by atoms with E-state index in [1.54, 1.807) is 12.1 Å². The molecule has 3 heteroatoms. The van der Waals surface area contributed by atoms with Crippen LogP contribution in [0.1, 0.15) is 24.1 Å². The zero-order chi connectivity index (χ0) is 12.1. The summed E-state index contributed by atoms with van der Waals surface area (Å²) in [6.45, 7) is 4.07. The standard InChI is InChI=1S/C13H17FN2/c1-4-10(3)16-13(8-15)11-7-9(2)5-6-12(11)14/h1,5-7,10,13,16H,8,15H2,2-3H3. The molecule has 2 unspecified atom stereocenters. The number of aryl methyl sites for hydroxylation is 1. The number of nitrogens with one attached hydrogen (secondary N) is 1. The molecule has 0 aliphatic heterocycles. The Kier molecular flexibility index (Phi) is 4.48. The molecule has 16 heavy (non-hydrogen) atoms. The third-order valence-electron chi connectivity index (χ3n) is 2.46. The predicted molar refractivity (Wildman–Crippen MR) is 64.4 cm³/mol. The van der Waals surface area contributed by atoms with Gasteiger partial charge in [0.05, 0.1) is 6.04 Å². The fraction of sp³-hybridized carbons (Fsp3) is 0.385. The summed E-state index contributed by atoms with van der Waals surface area (Å²) in [5, 5.41) is 3.10. The van der Waals surface area contributed by atoms with Crippen LogP contribution in [0.3, 0.4) is 0 Å². The maximum atomic E-state index is 13.6. The molecule has 86 valence electrons. The molecule has 3 N–H and O–H groups in total. The lowest BCUT2D eigenvalue weighted by Crippen LogP contribution is -2.34. The quantitative estimate of drug-likeness (QED) is 0.759. The van der Waals surface area contributed by atoms with E-state index in [4.69, 9.17) is 12.2 Å². The maximum Gasteiger partial charge on any atom is 0.128 e. The van der Waals surface area contributed by atoms with Gasteiger partial charge in [-0.25, -0.2) is 4.39 Å². The molecular formula is C13H17FN2. The second-order valence-electron chi connectivity index (χ2n) is 3.87. The number of benzene rings is 1. The highest BCUT2D eigenvalue weighted by atomic mass is 19.1. The summed E-state index contributed by atoms with van der Waals surface area (Å²) in [6, 6.07) is 4.61. The summed E-state index contributed by atoms with van der Waals surface area (Å²) >= 11 is 0. The zero-order valence-corrected chi connectivity index (χ0v) is 9.63. The minimum atomic E-state index is -0.252. The van der Waals surface area contributed by atoms with E-state index in [0.717, 1.165) is 5.56 Å². The molecule has 0 radical (unpaired) electrons. The van der Waals surface area contributed by atoms with E-state index in [-0.39, 0.29) is 17.9 Å². The monoisotopic (exact) mass is 220 g/mol. The fourth-order valence-electron chi connectivity index (χ4n) is 1.56. The van der Waals surface area contributed by atoms with Gasteiger partial charge < -0.3 is 5.73 Å². The highest BCUT2D eigenvalue weighted by molar-refractivity contribution is 5.27. The molecule has 0 spiro atoms. The van der Waals surface area contributed by atoms with Gasteiger partial charge in [0, 0.05) is 18.2 Å². The number of halogens is 1. The highest BCUT2D eigenvalue weighted by Crippen LogP contribution is 2.18. The molecule has 1 rings (SSSR count). The first-order chi connectivity index (χ1) is 7.58. The summed E-state index contributed by atoms with van der Waals surface area (Å²) in [5.41, 5.74) is 7.21. The van der Waals surface area contributed by atoms with E-state index in [2.05, 4.69) is 11.2 Å². The molecule has 2 atom stereocenters. The van der Waals surface area contributed by atoms with Crippen molar-refractivity contribution in [2.24, 2.45) is 5.73 Å². The van der Waals surface area contributed by atoms with Gasteiger partial charge in [0.2, 0.25) is 0 Å². The zero-order valence-electron chi connectivity index (χ0n) is 9.63. The number of rotatable bonds is 4. The van der Waals surface area contributed by atoms with Gasteiger partial charge in [-0.05, 0) is 19.9 Å². The van der Waals surface area contributed by atoms with E-state index in [1.807, 2.05) is 13.8 Å². The molecule has 0 saturated heterocycles. The van der Waals surface area contributed by atoms with E-state index >= 15 is 0 Å². The lowest BCUT2D eigenvalue weighted by atomic mass is 10.0. The average Bonchev–Trinajstić information content (AvgIpc) is 2.29. The van der Waals surface area contributed by atoms with Crippen LogP contribution < -0.4 is 11.1 Å². The molecule has 0 heterocycles. The third kappa shape index (κ3) is 3.06. The summed E-state index contributed by atoms with van der Waals surface area (Å²) in [6.07, 6.45) is 5.27. The lowest BCUT2D eigenvalue weighted by molar-refractivity contribution is 0.489. The number of terminal acetylenes is 1. The Bertz CT molecular complexity index is 395. The molecule has 1 aromatic carbocycles. The van der Waals surface area contributed by atoms with Crippen molar-refractivity contribution in [3.05, 3.63) is 35.1 Å². The minimum Gasteiger partial charge on any atom is -0.329 e. The van der Waals surface area contributed by atoms with Crippen LogP contribution in [0.2, 0.25) is 0 Å². The van der Waals surface area contributed by atoms with Crippen molar-refractivity contribution in [1.29, 1.82) is 0 Å². The largest absolute Gasteiger partial charge is 0.329 e. The van der Waals surface area contributed by atoms with E-state index in [0.29, 0.717) is 12.1 Å². The van der Waals surface area contributed by atoms with Crippen molar-refractivity contribution in [2.45, 2.75) is 25.9 Å². The third-order valence-corrected chi connectivity index (χ3v) is 2.46. The number of hydrogen-bond donors (Lipinski definition) is 2. The van der Waals surface area contributed by atoms with E-state index in [9.17, 15) is 4.39 Å². The van der Waals surface area contributed by atoms with Gasteiger partial charge in [0.15, 0.2) is 0 Å². The van der Waals surface area contributed by atoms with Crippen LogP contribution in [0, 0.1) is 25.1 Å². The second-order valence-corrected chi connectivity index (χ2v) is 3.87. The molecule has 0 fully saturated rings. The molecule has 1 aromatic rings. The highest BCUT2D eigenvalue weighted by Gasteiger charge is 2.15. The van der Waals surface area contributed by atoms with Crippen molar-refractivity contribution in [1.82, 2.24) is 5.32 Å². The minimum absolute atomic E-state index is 0.131. The molecule has 0 aliphatic rings. The molecule has 0 aliphatic carbocycles. The maximum absolute atomic E-state index is 13.6. The molecule has 0 aromatic heterocycles. The molecule has 0 amide bonds. The van der Waals surface area contributed by atoms with Crippen molar-refractivity contribution >= 4 is 0 Å². The lowest BCUT2D eigenvalue weighted by Gasteiger charge is -2.20. The Balaban J connectivity index is 2.95. The first-order valence-electron chi connectivity index (χ1n) is 5.26. The predicted octanol–water partition coefficient (Wildman–Crippen LogP) is 1.75. The Hall–Kier alpha value is -1.37. The van der Waals surface area contributed by atoms with Crippen LogP contribution in [0.25, 0.3) is 0 Å². The number of nitrogens with two attached hydrogens (primary N) is 1. The Morgan fingerprint density at radius 3 is 2.81 bits per heavy atom. The van der Waals surface area contributed by atoms with Gasteiger partial charge in [-0.2, -0.15) is 0 Å². The first-order valence-corrected chi connectivity index (χ1v) is 5.26. The SMILES string of the molecule is C#CC(C)NC(CN)c1cc(C)ccc1F. The van der Waals surface area contributed by atoms with E-state index in [1.165, 1.54) is 6.07 Å². The summed E-state index contributed by atoms with van der Waals surface area (Å²) < 4.78 is 13.6. The van der Waals surface area contributed by atoms with Crippen molar-refractivity contribution in [2.75, 3.05) is 6.54 Å². The summed E-state index contributed by atoms with van der Waals surface area (Å²) in [4.78, 5) is 0. The van der Waals surface area contributed by atoms with Crippen LogP contribution in [0.15, 0.2) is 18.2 Å². The van der Waals surface area contributed by atoms with Crippen LogP contribution >= 0.6 is 0 Å². The van der Waals surface area contributed by atoms with Gasteiger partial charge in [-0.3, -0.25) is 5.32 Å². The average molecular weight is 220 g/mol. The Morgan fingerprint density at radius 2 is 2.25 bits per heavy atom. The van der Waals surface area contributed by atoms with Gasteiger partial charge in [0.1, 0.15) is 5.82 Å². The Labute approximate surface area is 96.0 Å². The number of hydrogen-bond acceptors (Lipinski definition) is 2. The molecule has 0 bridgehead atoms. The summed E-state index contributed by atoms with van der Waals surface area (Å²) in [7, 11) is 0. The van der Waals surface area contributed by atoms with Crippen LogP contribution in [-0.4, -0.2) is 12.6 Å². The topological polar surface area (TPSA) is 38.0 Å². The van der Waals surface area contributed by atoms with Crippen molar-refractivity contribution < 1.29 is 4.39 Å². The summed E-state index contributed by atoms with van der Waals surface area (Å²) in [5.74, 6) is 2.29. The first kappa shape index (κ1) is 12.7. The van der Waals surface area contributed by atoms with Gasteiger partial charge >= 0.3 is 0 Å². The molecule has 2 nitrogen and oxygen atoms in total. The van der Waals surface area contributed by atoms with Gasteiger partial charge in [-0.1, -0.05) is 23.6 Å². The molecular weight excluding hydrogens is 203 g/mol. The second kappa shape index (κ2) is 5.64.